The highest BCUT2D eigenvalue weighted by atomic mass is 16.1. The fraction of sp³-hybridized carbons (Fsp3) is 0.737. The number of aldehydes is 1. The minimum atomic E-state index is -0.415. The van der Waals surface area contributed by atoms with Crippen molar-refractivity contribution in [1.82, 2.24) is 15.3 Å². The summed E-state index contributed by atoms with van der Waals surface area (Å²) in [5, 5.41) is 9.80. The van der Waals surface area contributed by atoms with Crippen LogP contribution in [-0.2, 0) is 4.79 Å². The molecule has 5 N–H and O–H groups in total. The molecule has 3 heterocycles. The first-order valence-electron chi connectivity index (χ1n) is 10.3. The quantitative estimate of drug-likeness (QED) is 0.364. The van der Waals surface area contributed by atoms with E-state index in [-0.39, 0.29) is 0 Å². The second kappa shape index (κ2) is 9.73. The third-order valence-corrected chi connectivity index (χ3v) is 5.48. The summed E-state index contributed by atoms with van der Waals surface area (Å²) in [4.78, 5) is 22.5. The largest absolute Gasteiger partial charge is 0.382 e. The summed E-state index contributed by atoms with van der Waals surface area (Å²) in [5.41, 5.74) is 6.78. The van der Waals surface area contributed by atoms with Gasteiger partial charge in [-0.05, 0) is 44.7 Å². The van der Waals surface area contributed by atoms with Crippen LogP contribution in [0.5, 0.6) is 0 Å². The summed E-state index contributed by atoms with van der Waals surface area (Å²) in [7, 11) is 0. The van der Waals surface area contributed by atoms with Crippen LogP contribution in [0.4, 0.5) is 23.3 Å². The molecule has 27 heavy (non-hydrogen) atoms. The number of carbonyl (C=O) groups is 1. The average Bonchev–Trinajstić information content (AvgIpc) is 3.04. The Morgan fingerprint density at radius 3 is 2.81 bits per heavy atom. The van der Waals surface area contributed by atoms with Crippen molar-refractivity contribution >= 4 is 29.6 Å². The molecule has 0 aliphatic carbocycles. The van der Waals surface area contributed by atoms with Crippen LogP contribution < -0.4 is 26.6 Å². The number of hydrogen-bond acceptors (Lipinski definition) is 8. The van der Waals surface area contributed by atoms with Gasteiger partial charge >= 0.3 is 0 Å². The zero-order chi connectivity index (χ0) is 19.1. The molecule has 1 fully saturated rings. The molecular formula is C19H33N7O. The summed E-state index contributed by atoms with van der Waals surface area (Å²) in [5.74, 6) is 2.50. The molecule has 1 aromatic rings. The van der Waals surface area contributed by atoms with Crippen molar-refractivity contribution in [2.75, 3.05) is 47.4 Å². The van der Waals surface area contributed by atoms with Crippen molar-refractivity contribution < 1.29 is 4.79 Å². The topological polar surface area (TPSA) is 108 Å². The summed E-state index contributed by atoms with van der Waals surface area (Å²) in [6.45, 7) is 6.04. The minimum absolute atomic E-state index is 0.392. The van der Waals surface area contributed by atoms with E-state index in [1.807, 2.05) is 4.90 Å². The van der Waals surface area contributed by atoms with E-state index in [1.165, 1.54) is 25.7 Å². The predicted octanol–water partition coefficient (Wildman–Crippen LogP) is 2.20. The molecule has 2 aliphatic heterocycles. The molecule has 8 heteroatoms. The average molecular weight is 376 g/mol. The van der Waals surface area contributed by atoms with E-state index in [0.717, 1.165) is 63.5 Å². The van der Waals surface area contributed by atoms with Gasteiger partial charge in [-0.3, -0.25) is 4.79 Å². The molecule has 0 radical (unpaired) electrons. The maximum absolute atomic E-state index is 11.6. The lowest BCUT2D eigenvalue weighted by molar-refractivity contribution is -0.108. The fourth-order valence-corrected chi connectivity index (χ4v) is 3.86. The number of hydrogen-bond donors (Lipinski definition) is 4. The van der Waals surface area contributed by atoms with Crippen LogP contribution in [0.3, 0.4) is 0 Å². The molecule has 0 spiro atoms. The van der Waals surface area contributed by atoms with Crippen LogP contribution in [-0.4, -0.2) is 48.6 Å². The van der Waals surface area contributed by atoms with Crippen LogP contribution in [0.1, 0.15) is 51.9 Å². The van der Waals surface area contributed by atoms with Gasteiger partial charge in [-0.1, -0.05) is 26.2 Å². The van der Waals surface area contributed by atoms with Gasteiger partial charge in [0.2, 0.25) is 5.95 Å². The van der Waals surface area contributed by atoms with Crippen LogP contribution in [0.25, 0.3) is 0 Å². The molecule has 1 unspecified atom stereocenters. The van der Waals surface area contributed by atoms with Gasteiger partial charge in [-0.2, -0.15) is 9.97 Å². The van der Waals surface area contributed by atoms with Crippen molar-refractivity contribution in [1.29, 1.82) is 0 Å². The Morgan fingerprint density at radius 1 is 1.26 bits per heavy atom. The maximum Gasteiger partial charge on any atom is 0.226 e. The van der Waals surface area contributed by atoms with E-state index >= 15 is 0 Å². The highest BCUT2D eigenvalue weighted by Crippen LogP contribution is 2.37. The number of nitrogens with one attached hydrogen (secondary N) is 3. The summed E-state index contributed by atoms with van der Waals surface area (Å²) < 4.78 is 0. The number of nitrogens with two attached hydrogens (primary N) is 1. The molecule has 0 amide bonds. The Hall–Kier alpha value is -2.09. The van der Waals surface area contributed by atoms with Gasteiger partial charge in [0.1, 0.15) is 5.69 Å². The van der Waals surface area contributed by atoms with Gasteiger partial charge in [0.05, 0.1) is 0 Å². The molecule has 0 bridgehead atoms. The summed E-state index contributed by atoms with van der Waals surface area (Å²) in [6.07, 6.45) is 8.68. The van der Waals surface area contributed by atoms with E-state index < -0.39 is 6.17 Å². The van der Waals surface area contributed by atoms with E-state index in [9.17, 15) is 4.79 Å². The maximum atomic E-state index is 11.6. The molecule has 8 nitrogen and oxygen atoms in total. The second-order valence-corrected chi connectivity index (χ2v) is 7.52. The number of unbranched alkanes of at least 4 members (excludes halogenated alkanes) is 2. The Morgan fingerprint density at radius 2 is 2.07 bits per heavy atom. The van der Waals surface area contributed by atoms with Gasteiger partial charge in [0.25, 0.3) is 0 Å². The molecule has 1 aromatic heterocycles. The van der Waals surface area contributed by atoms with Crippen LogP contribution in [0.15, 0.2) is 0 Å². The SMILES string of the molecule is CCCCNc1nc(N)c2c(n1)N(CCCCC1CCNCC1)C(C=O)N2. The van der Waals surface area contributed by atoms with Crippen molar-refractivity contribution in [2.24, 2.45) is 5.92 Å². The predicted molar refractivity (Wildman–Crippen MR) is 110 cm³/mol. The highest BCUT2D eigenvalue weighted by molar-refractivity contribution is 5.88. The molecule has 150 valence electrons. The monoisotopic (exact) mass is 375 g/mol. The van der Waals surface area contributed by atoms with Crippen LogP contribution >= 0.6 is 0 Å². The van der Waals surface area contributed by atoms with Crippen LogP contribution in [0.2, 0.25) is 0 Å². The Bertz CT molecular complexity index is 618. The third kappa shape index (κ3) is 5.00. The standard InChI is InChI=1S/C19H33N7O/c1-2-3-9-22-19-24-17(20)16-18(25-19)26(15(13-27)23-16)12-5-4-6-14-7-10-21-11-8-14/h13-15,21,23H,2-12H2,1H3,(H3,20,22,24,25). The first-order valence-corrected chi connectivity index (χ1v) is 10.3. The molecule has 0 aromatic carbocycles. The second-order valence-electron chi connectivity index (χ2n) is 7.52. The van der Waals surface area contributed by atoms with Gasteiger partial charge in [0, 0.05) is 13.1 Å². The Labute approximate surface area is 161 Å². The molecule has 1 atom stereocenters. The van der Waals surface area contributed by atoms with E-state index in [2.05, 4.69) is 32.8 Å². The third-order valence-electron chi connectivity index (χ3n) is 5.48. The summed E-state index contributed by atoms with van der Waals surface area (Å²) >= 11 is 0. The van der Waals surface area contributed by atoms with Crippen molar-refractivity contribution in [2.45, 2.75) is 58.0 Å². The normalized spacial score (nSPS) is 19.6. The van der Waals surface area contributed by atoms with Crippen molar-refractivity contribution in [3.63, 3.8) is 0 Å². The molecule has 2 aliphatic rings. The Kier molecular flexibility index (Phi) is 7.09. The zero-order valence-corrected chi connectivity index (χ0v) is 16.3. The number of piperidine rings is 1. The van der Waals surface area contributed by atoms with Crippen LogP contribution in [0, 0.1) is 5.92 Å². The van der Waals surface area contributed by atoms with E-state index in [4.69, 9.17) is 5.73 Å². The van der Waals surface area contributed by atoms with Gasteiger partial charge in [0.15, 0.2) is 24.1 Å². The number of nitrogens with zero attached hydrogens (tertiary/aromatic N) is 3. The van der Waals surface area contributed by atoms with E-state index in [1.54, 1.807) is 0 Å². The first kappa shape index (κ1) is 19.7. The van der Waals surface area contributed by atoms with E-state index in [0.29, 0.717) is 17.5 Å². The van der Waals surface area contributed by atoms with Crippen molar-refractivity contribution in [3.05, 3.63) is 0 Å². The number of nitrogen functional groups attached to an aromatic ring is 1. The van der Waals surface area contributed by atoms with Gasteiger partial charge in [-0.15, -0.1) is 0 Å². The molecule has 1 saturated heterocycles. The van der Waals surface area contributed by atoms with Crippen molar-refractivity contribution in [3.8, 4) is 0 Å². The molecule has 0 saturated carbocycles. The lowest BCUT2D eigenvalue weighted by Gasteiger charge is -2.24. The number of aromatic nitrogens is 2. The molecule has 3 rings (SSSR count). The molecular weight excluding hydrogens is 342 g/mol. The first-order chi connectivity index (χ1) is 13.2. The number of rotatable bonds is 10. The van der Waals surface area contributed by atoms with Gasteiger partial charge in [-0.25, -0.2) is 0 Å². The lowest BCUT2D eigenvalue weighted by atomic mass is 9.92. The lowest BCUT2D eigenvalue weighted by Crippen LogP contribution is -2.38. The summed E-state index contributed by atoms with van der Waals surface area (Å²) in [6, 6.07) is 0. The zero-order valence-electron chi connectivity index (χ0n) is 16.3. The Balaban J connectivity index is 1.59. The fourth-order valence-electron chi connectivity index (χ4n) is 3.86. The smallest absolute Gasteiger partial charge is 0.226 e. The number of anilines is 4. The van der Waals surface area contributed by atoms with Gasteiger partial charge < -0.3 is 26.6 Å². The minimum Gasteiger partial charge on any atom is -0.382 e. The number of fused-ring (bicyclic) bond motifs is 1. The highest BCUT2D eigenvalue weighted by Gasteiger charge is 2.32. The number of carbonyl (C=O) groups excluding carboxylic acids is 1.